The average Bonchev–Trinajstić information content (AvgIpc) is 2.68. The third kappa shape index (κ3) is 1.83. The molecule has 0 aromatic carbocycles. The van der Waals surface area contributed by atoms with Crippen LogP contribution in [0.25, 0.3) is 5.52 Å². The lowest BCUT2D eigenvalue weighted by molar-refractivity contribution is 0.852. The molecule has 0 amide bonds. The first-order chi connectivity index (χ1) is 8.19. The minimum absolute atomic E-state index is 0.456. The second-order valence-electron chi connectivity index (χ2n) is 4.03. The molecular weight excluding hydrogens is 214 g/mol. The Hall–Kier alpha value is -2.06. The van der Waals surface area contributed by atoms with Crippen molar-refractivity contribution >= 4 is 11.3 Å². The molecule has 0 atom stereocenters. The van der Waals surface area contributed by atoms with Gasteiger partial charge >= 0.3 is 0 Å². The van der Waals surface area contributed by atoms with Gasteiger partial charge < -0.3 is 10.6 Å². The number of imidazole rings is 1. The van der Waals surface area contributed by atoms with Crippen LogP contribution in [0.2, 0.25) is 0 Å². The van der Waals surface area contributed by atoms with Gasteiger partial charge in [-0.25, -0.2) is 4.98 Å². The molecule has 0 aliphatic heterocycles. The molecule has 2 aromatic heterocycles. The van der Waals surface area contributed by atoms with E-state index in [4.69, 9.17) is 11.0 Å². The minimum atomic E-state index is 0.456. The van der Waals surface area contributed by atoms with Gasteiger partial charge in [-0.15, -0.1) is 0 Å². The Morgan fingerprint density at radius 3 is 2.82 bits per heavy atom. The molecule has 0 unspecified atom stereocenters. The number of rotatable bonds is 3. The van der Waals surface area contributed by atoms with Crippen molar-refractivity contribution < 1.29 is 0 Å². The summed E-state index contributed by atoms with van der Waals surface area (Å²) >= 11 is 0. The van der Waals surface area contributed by atoms with Crippen LogP contribution >= 0.6 is 0 Å². The number of anilines is 1. The highest BCUT2D eigenvalue weighted by molar-refractivity contribution is 5.63. The van der Waals surface area contributed by atoms with Gasteiger partial charge in [-0.1, -0.05) is 6.07 Å². The topological polar surface area (TPSA) is 70.3 Å². The van der Waals surface area contributed by atoms with Gasteiger partial charge in [0.2, 0.25) is 0 Å². The maximum Gasteiger partial charge on any atom is 0.166 e. The van der Waals surface area contributed by atoms with Gasteiger partial charge in [0, 0.05) is 20.5 Å². The normalized spacial score (nSPS) is 10.5. The average molecular weight is 229 g/mol. The Balaban J connectivity index is 2.77. The fourth-order valence-corrected chi connectivity index (χ4v) is 1.92. The summed E-state index contributed by atoms with van der Waals surface area (Å²) in [4.78, 5) is 6.33. The van der Waals surface area contributed by atoms with Gasteiger partial charge in [0.1, 0.15) is 17.7 Å². The molecule has 2 heterocycles. The molecule has 0 spiro atoms. The summed E-state index contributed by atoms with van der Waals surface area (Å²) < 4.78 is 1.99. The summed E-state index contributed by atoms with van der Waals surface area (Å²) in [7, 11) is 3.93. The molecule has 0 saturated heterocycles. The summed E-state index contributed by atoms with van der Waals surface area (Å²) in [5, 5.41) is 9.08. The van der Waals surface area contributed by atoms with Gasteiger partial charge in [-0.3, -0.25) is 4.40 Å². The van der Waals surface area contributed by atoms with Crippen molar-refractivity contribution in [1.82, 2.24) is 9.38 Å². The molecule has 0 saturated carbocycles. The second kappa shape index (κ2) is 4.44. The van der Waals surface area contributed by atoms with Crippen LogP contribution in [-0.4, -0.2) is 30.0 Å². The molecule has 2 N–H and O–H groups in total. The molecule has 2 rings (SSSR count). The summed E-state index contributed by atoms with van der Waals surface area (Å²) in [6.45, 7) is 0.520. The molecule has 0 aliphatic carbocycles. The van der Waals surface area contributed by atoms with Gasteiger partial charge in [0.25, 0.3) is 0 Å². The number of hydrogen-bond acceptors (Lipinski definition) is 4. The quantitative estimate of drug-likeness (QED) is 0.844. The lowest BCUT2D eigenvalue weighted by Gasteiger charge is -2.16. The van der Waals surface area contributed by atoms with Crippen LogP contribution in [0.4, 0.5) is 5.82 Å². The molecule has 5 nitrogen and oxygen atoms in total. The Bertz CT molecular complexity index is 576. The van der Waals surface area contributed by atoms with Crippen molar-refractivity contribution in [2.75, 3.05) is 25.5 Å². The van der Waals surface area contributed by atoms with E-state index in [1.165, 1.54) is 0 Å². The van der Waals surface area contributed by atoms with Crippen LogP contribution in [0.3, 0.4) is 0 Å². The van der Waals surface area contributed by atoms with Crippen LogP contribution in [0.15, 0.2) is 18.2 Å². The largest absolute Gasteiger partial charge is 0.364 e. The predicted octanol–water partition coefficient (Wildman–Crippen LogP) is 0.773. The number of hydrogen-bond donors (Lipinski definition) is 1. The zero-order chi connectivity index (χ0) is 12.4. The maximum absolute atomic E-state index is 9.08. The van der Waals surface area contributed by atoms with E-state index in [1.54, 1.807) is 0 Å². The monoisotopic (exact) mass is 229 g/mol. The molecule has 17 heavy (non-hydrogen) atoms. The Morgan fingerprint density at radius 2 is 2.24 bits per heavy atom. The van der Waals surface area contributed by atoms with E-state index >= 15 is 0 Å². The third-order valence-electron chi connectivity index (χ3n) is 2.64. The number of nitriles is 1. The van der Waals surface area contributed by atoms with E-state index < -0.39 is 0 Å². The number of pyridine rings is 1. The number of fused-ring (bicyclic) bond motifs is 1. The fraction of sp³-hybridized carbons (Fsp3) is 0.333. The number of nitrogens with zero attached hydrogens (tertiary/aromatic N) is 4. The molecule has 5 heteroatoms. The van der Waals surface area contributed by atoms with E-state index in [-0.39, 0.29) is 0 Å². The SMILES string of the molecule is CN(C)c1cccc2c(C#N)nc(CCN)n12. The first kappa shape index (κ1) is 11.4. The first-order valence-corrected chi connectivity index (χ1v) is 5.47. The van der Waals surface area contributed by atoms with Crippen LogP contribution in [0.5, 0.6) is 0 Å². The van der Waals surface area contributed by atoms with Crippen LogP contribution < -0.4 is 10.6 Å². The van der Waals surface area contributed by atoms with Crippen molar-refractivity contribution in [3.05, 3.63) is 29.7 Å². The van der Waals surface area contributed by atoms with Gasteiger partial charge in [-0.05, 0) is 18.7 Å². The summed E-state index contributed by atoms with van der Waals surface area (Å²) in [6, 6.07) is 7.95. The zero-order valence-corrected chi connectivity index (χ0v) is 10.0. The van der Waals surface area contributed by atoms with Crippen molar-refractivity contribution in [1.29, 1.82) is 5.26 Å². The fourth-order valence-electron chi connectivity index (χ4n) is 1.92. The highest BCUT2D eigenvalue weighted by Crippen LogP contribution is 2.20. The third-order valence-corrected chi connectivity index (χ3v) is 2.64. The highest BCUT2D eigenvalue weighted by Gasteiger charge is 2.13. The molecule has 0 fully saturated rings. The molecular formula is C12H15N5. The van der Waals surface area contributed by atoms with Crippen molar-refractivity contribution in [2.24, 2.45) is 5.73 Å². The lowest BCUT2D eigenvalue weighted by atomic mass is 10.3. The van der Waals surface area contributed by atoms with E-state index in [1.807, 2.05) is 41.6 Å². The first-order valence-electron chi connectivity index (χ1n) is 5.47. The molecule has 0 aliphatic rings. The predicted molar refractivity (Wildman–Crippen MR) is 67.0 cm³/mol. The van der Waals surface area contributed by atoms with E-state index in [0.717, 1.165) is 17.2 Å². The van der Waals surface area contributed by atoms with E-state index in [2.05, 4.69) is 11.1 Å². The zero-order valence-electron chi connectivity index (χ0n) is 10.0. The van der Waals surface area contributed by atoms with E-state index in [9.17, 15) is 0 Å². The maximum atomic E-state index is 9.08. The lowest BCUT2D eigenvalue weighted by Crippen LogP contribution is -2.15. The van der Waals surface area contributed by atoms with Crippen LogP contribution in [0, 0.1) is 11.3 Å². The standard InChI is InChI=1S/C12H15N5/c1-16(2)12-5-3-4-10-9(8-14)15-11(6-7-13)17(10)12/h3-5H,6-7,13H2,1-2H3. The van der Waals surface area contributed by atoms with Gasteiger partial charge in [0.05, 0.1) is 5.52 Å². The molecule has 0 radical (unpaired) electrons. The highest BCUT2D eigenvalue weighted by atomic mass is 15.2. The number of nitrogens with two attached hydrogens (primary N) is 1. The minimum Gasteiger partial charge on any atom is -0.364 e. The van der Waals surface area contributed by atoms with Crippen LogP contribution in [-0.2, 0) is 6.42 Å². The molecule has 88 valence electrons. The Labute approximate surface area is 100 Å². The van der Waals surface area contributed by atoms with Crippen molar-refractivity contribution in [3.63, 3.8) is 0 Å². The summed E-state index contributed by atoms with van der Waals surface area (Å²) in [5.41, 5.74) is 6.87. The second-order valence-corrected chi connectivity index (χ2v) is 4.03. The van der Waals surface area contributed by atoms with Gasteiger partial charge in [0.15, 0.2) is 5.69 Å². The van der Waals surface area contributed by atoms with E-state index in [0.29, 0.717) is 18.7 Å². The summed E-state index contributed by atoms with van der Waals surface area (Å²) in [5.74, 6) is 1.84. The smallest absolute Gasteiger partial charge is 0.166 e. The summed E-state index contributed by atoms with van der Waals surface area (Å²) in [6.07, 6.45) is 0.660. The van der Waals surface area contributed by atoms with Gasteiger partial charge in [-0.2, -0.15) is 5.26 Å². The molecule has 2 aromatic rings. The Morgan fingerprint density at radius 1 is 1.47 bits per heavy atom. The van der Waals surface area contributed by atoms with Crippen LogP contribution in [0.1, 0.15) is 11.5 Å². The Kier molecular flexibility index (Phi) is 2.98. The number of aromatic nitrogens is 2. The molecule has 0 bridgehead atoms. The van der Waals surface area contributed by atoms with Crippen molar-refractivity contribution in [2.45, 2.75) is 6.42 Å². The van der Waals surface area contributed by atoms with Crippen molar-refractivity contribution in [3.8, 4) is 6.07 Å².